The summed E-state index contributed by atoms with van der Waals surface area (Å²) in [5, 5.41) is 16.2. The Balaban J connectivity index is 1.52. The number of nitrogens with one attached hydrogen (secondary N) is 1. The van der Waals surface area contributed by atoms with Crippen LogP contribution in [0.2, 0.25) is 0 Å². The Labute approximate surface area is 214 Å². The number of ether oxygens (including phenoxy) is 4. The fraction of sp³-hybridized carbons (Fsp3) is 0.296. The fourth-order valence-corrected chi connectivity index (χ4v) is 4.37. The third kappa shape index (κ3) is 5.20. The summed E-state index contributed by atoms with van der Waals surface area (Å²) in [6.07, 6.45) is 6.88. The molecule has 0 spiro atoms. The second kappa shape index (κ2) is 11.3. The molecule has 0 radical (unpaired) electrons. The van der Waals surface area contributed by atoms with Crippen LogP contribution < -0.4 is 14.8 Å². The van der Waals surface area contributed by atoms with Crippen molar-refractivity contribution in [3.8, 4) is 22.8 Å². The average molecular weight is 504 g/mol. The molecule has 2 N–H and O–H groups in total. The van der Waals surface area contributed by atoms with E-state index in [1.165, 1.54) is 0 Å². The molecule has 0 saturated carbocycles. The van der Waals surface area contributed by atoms with E-state index in [1.54, 1.807) is 26.6 Å². The first-order chi connectivity index (χ1) is 18.2. The number of fused-ring (bicyclic) bond motifs is 2. The summed E-state index contributed by atoms with van der Waals surface area (Å²) in [7, 11) is 3.27. The Morgan fingerprint density at radius 3 is 2.57 bits per heavy atom. The van der Waals surface area contributed by atoms with Crippen molar-refractivity contribution in [1.82, 2.24) is 14.4 Å². The molecule has 2 heterocycles. The van der Waals surface area contributed by atoms with Crippen molar-refractivity contribution in [1.29, 1.82) is 0 Å². The number of rotatable bonds is 11. The van der Waals surface area contributed by atoms with Gasteiger partial charge in [0.1, 0.15) is 24.7 Å². The van der Waals surface area contributed by atoms with Gasteiger partial charge in [0.25, 0.3) is 0 Å². The lowest BCUT2D eigenvalue weighted by molar-refractivity contribution is 0.132. The first-order valence-electron chi connectivity index (χ1n) is 12.0. The highest BCUT2D eigenvalue weighted by atomic mass is 16.5. The Bertz CT molecular complexity index is 1420. The lowest BCUT2D eigenvalue weighted by Crippen LogP contribution is -2.08. The number of hydrogen-bond donors (Lipinski definition) is 2. The van der Waals surface area contributed by atoms with Gasteiger partial charge in [-0.2, -0.15) is 0 Å². The third-order valence-corrected chi connectivity index (χ3v) is 6.17. The van der Waals surface area contributed by atoms with Crippen LogP contribution in [0.5, 0.6) is 11.5 Å². The van der Waals surface area contributed by atoms with Gasteiger partial charge in [0.05, 0.1) is 25.1 Å². The molecule has 5 rings (SSSR count). The summed E-state index contributed by atoms with van der Waals surface area (Å²) in [4.78, 5) is 9.10. The smallest absolute Gasteiger partial charge is 0.161 e. The lowest BCUT2D eigenvalue weighted by Gasteiger charge is -2.15. The van der Waals surface area contributed by atoms with Gasteiger partial charge in [-0.15, -0.1) is 0 Å². The van der Waals surface area contributed by atoms with Crippen molar-refractivity contribution in [2.75, 3.05) is 46.0 Å². The van der Waals surface area contributed by atoms with E-state index < -0.39 is 0 Å². The summed E-state index contributed by atoms with van der Waals surface area (Å²) >= 11 is 0. The molecule has 0 saturated heterocycles. The van der Waals surface area contributed by atoms with Crippen LogP contribution >= 0.6 is 0 Å². The zero-order valence-corrected chi connectivity index (χ0v) is 20.8. The van der Waals surface area contributed by atoms with Gasteiger partial charge in [0.15, 0.2) is 17.1 Å². The number of aryl methyl sites for hydroxylation is 1. The standard InChI is InChI=1S/C27H29N5O5/c1-34-11-13-36-23-8-4-19(16-24(23)37-14-12-35-2)26-27(32-10-9-28-17-25(32)30-26)29-20-5-6-21-18(15-20)3-7-22(21)31-33/h4-6,8-10,15-17,29,33H,3,7,11-14H2,1-2H3/b31-22+. The zero-order valence-electron chi connectivity index (χ0n) is 20.8. The number of methoxy groups -OCH3 is 2. The molecule has 1 aliphatic rings. The second-order valence-corrected chi connectivity index (χ2v) is 8.50. The van der Waals surface area contributed by atoms with Gasteiger partial charge in [-0.25, -0.2) is 4.98 Å². The first kappa shape index (κ1) is 24.5. The molecule has 0 amide bonds. The summed E-state index contributed by atoms with van der Waals surface area (Å²) in [5.74, 6) is 2.01. The Morgan fingerprint density at radius 2 is 1.78 bits per heavy atom. The predicted molar refractivity (Wildman–Crippen MR) is 140 cm³/mol. The van der Waals surface area contributed by atoms with Crippen LogP contribution in [-0.4, -0.2) is 65.9 Å². The molecule has 1 aliphatic carbocycles. The molecule has 0 bridgehead atoms. The van der Waals surface area contributed by atoms with E-state index in [1.807, 2.05) is 40.9 Å². The van der Waals surface area contributed by atoms with Gasteiger partial charge < -0.3 is 29.5 Å². The largest absolute Gasteiger partial charge is 0.487 e. The highest BCUT2D eigenvalue weighted by Crippen LogP contribution is 2.37. The van der Waals surface area contributed by atoms with Crippen molar-refractivity contribution in [3.63, 3.8) is 0 Å². The van der Waals surface area contributed by atoms with E-state index in [0.29, 0.717) is 43.6 Å². The van der Waals surface area contributed by atoms with E-state index in [2.05, 4.69) is 21.5 Å². The van der Waals surface area contributed by atoms with Gasteiger partial charge in [-0.05, 0) is 48.7 Å². The maximum absolute atomic E-state index is 9.26. The minimum Gasteiger partial charge on any atom is -0.487 e. The Kier molecular flexibility index (Phi) is 7.48. The van der Waals surface area contributed by atoms with Crippen molar-refractivity contribution in [3.05, 3.63) is 66.1 Å². The summed E-state index contributed by atoms with van der Waals surface area (Å²) in [6.45, 7) is 1.72. The molecular weight excluding hydrogens is 474 g/mol. The first-order valence-corrected chi connectivity index (χ1v) is 12.0. The molecule has 2 aromatic carbocycles. The van der Waals surface area contributed by atoms with Crippen LogP contribution in [0.25, 0.3) is 16.9 Å². The van der Waals surface area contributed by atoms with E-state index in [-0.39, 0.29) is 0 Å². The van der Waals surface area contributed by atoms with Gasteiger partial charge >= 0.3 is 0 Å². The normalized spacial score (nSPS) is 13.7. The van der Waals surface area contributed by atoms with Crippen LogP contribution in [0.3, 0.4) is 0 Å². The Hall–Kier alpha value is -4.15. The maximum Gasteiger partial charge on any atom is 0.161 e. The zero-order chi connectivity index (χ0) is 25.6. The molecule has 2 aromatic heterocycles. The summed E-state index contributed by atoms with van der Waals surface area (Å²) in [5.41, 5.74) is 6.06. The van der Waals surface area contributed by atoms with Gasteiger partial charge in [-0.1, -0.05) is 11.2 Å². The molecule has 0 aliphatic heterocycles. The minimum absolute atomic E-state index is 0.384. The number of benzene rings is 2. The third-order valence-electron chi connectivity index (χ3n) is 6.17. The summed E-state index contributed by atoms with van der Waals surface area (Å²) < 4.78 is 24.1. The SMILES string of the molecule is COCCOc1ccc(-c2nc3cnccn3c2Nc2ccc3c(c2)CC/C3=N\O)cc1OCCOC. The molecule has 0 atom stereocenters. The molecule has 37 heavy (non-hydrogen) atoms. The molecule has 10 heteroatoms. The van der Waals surface area contributed by atoms with E-state index >= 15 is 0 Å². The van der Waals surface area contributed by atoms with Crippen LogP contribution in [0.4, 0.5) is 11.5 Å². The summed E-state index contributed by atoms with van der Waals surface area (Å²) in [6, 6.07) is 11.8. The average Bonchev–Trinajstić information content (AvgIpc) is 3.50. The molecule has 4 aromatic rings. The van der Waals surface area contributed by atoms with Gasteiger partial charge in [0.2, 0.25) is 0 Å². The number of anilines is 2. The van der Waals surface area contributed by atoms with E-state index in [9.17, 15) is 5.21 Å². The Morgan fingerprint density at radius 1 is 0.973 bits per heavy atom. The minimum atomic E-state index is 0.384. The van der Waals surface area contributed by atoms with E-state index in [4.69, 9.17) is 23.9 Å². The highest BCUT2D eigenvalue weighted by Gasteiger charge is 2.21. The quantitative estimate of drug-likeness (QED) is 0.177. The highest BCUT2D eigenvalue weighted by molar-refractivity contribution is 6.04. The number of aromatic nitrogens is 3. The monoisotopic (exact) mass is 503 g/mol. The molecule has 0 unspecified atom stereocenters. The number of oxime groups is 1. The predicted octanol–water partition coefficient (Wildman–Crippen LogP) is 4.31. The van der Waals surface area contributed by atoms with Crippen LogP contribution in [0.1, 0.15) is 17.5 Å². The lowest BCUT2D eigenvalue weighted by atomic mass is 10.1. The molecule has 0 fully saturated rings. The molecular formula is C27H29N5O5. The van der Waals surface area contributed by atoms with Crippen LogP contribution in [-0.2, 0) is 15.9 Å². The number of hydrogen-bond acceptors (Lipinski definition) is 9. The fourth-order valence-electron chi connectivity index (χ4n) is 4.37. The second-order valence-electron chi connectivity index (χ2n) is 8.50. The maximum atomic E-state index is 9.26. The molecule has 192 valence electrons. The van der Waals surface area contributed by atoms with Crippen molar-refractivity contribution >= 4 is 22.9 Å². The number of nitrogens with zero attached hydrogens (tertiary/aromatic N) is 4. The van der Waals surface area contributed by atoms with Crippen LogP contribution in [0.15, 0.2) is 60.1 Å². The molecule has 10 nitrogen and oxygen atoms in total. The van der Waals surface area contributed by atoms with Crippen molar-refractivity contribution in [2.45, 2.75) is 12.8 Å². The number of imidazole rings is 1. The van der Waals surface area contributed by atoms with Gasteiger partial charge in [-0.3, -0.25) is 9.38 Å². The van der Waals surface area contributed by atoms with E-state index in [0.717, 1.165) is 52.4 Å². The van der Waals surface area contributed by atoms with Crippen molar-refractivity contribution in [2.24, 2.45) is 5.16 Å². The van der Waals surface area contributed by atoms with Crippen molar-refractivity contribution < 1.29 is 24.2 Å². The van der Waals surface area contributed by atoms with Crippen LogP contribution in [0, 0.1) is 0 Å². The van der Waals surface area contributed by atoms with Gasteiger partial charge in [0, 0.05) is 43.4 Å². The topological polar surface area (TPSA) is 112 Å².